The van der Waals surface area contributed by atoms with Gasteiger partial charge in [0.1, 0.15) is 17.2 Å². The molecule has 2 amide bonds. The van der Waals surface area contributed by atoms with Crippen molar-refractivity contribution in [3.05, 3.63) is 89.1 Å². The molecular formula is C27H26N2O4. The van der Waals surface area contributed by atoms with Gasteiger partial charge in [0.2, 0.25) is 0 Å². The number of para-hydroxylation sites is 2. The van der Waals surface area contributed by atoms with Crippen molar-refractivity contribution in [2.24, 2.45) is 0 Å². The Morgan fingerprint density at radius 1 is 0.909 bits per heavy atom. The smallest absolute Gasteiger partial charge is 0.282 e. The van der Waals surface area contributed by atoms with Crippen molar-refractivity contribution >= 4 is 28.8 Å². The lowest BCUT2D eigenvalue weighted by Crippen LogP contribution is -2.32. The molecule has 3 aromatic rings. The lowest BCUT2D eigenvalue weighted by atomic mass is 9.97. The lowest BCUT2D eigenvalue weighted by Gasteiger charge is -2.17. The maximum absolute atomic E-state index is 13.7. The molecule has 0 atom stereocenters. The number of carbonyl (C=O) groups excluding carboxylic acids is 2. The van der Waals surface area contributed by atoms with Gasteiger partial charge in [-0.05, 0) is 56.2 Å². The second kappa shape index (κ2) is 9.20. The van der Waals surface area contributed by atoms with Gasteiger partial charge in [-0.15, -0.1) is 0 Å². The molecular weight excluding hydrogens is 416 g/mol. The average molecular weight is 443 g/mol. The number of hydrogen-bond donors (Lipinski definition) is 1. The third-order valence-corrected chi connectivity index (χ3v) is 5.49. The number of amides is 2. The summed E-state index contributed by atoms with van der Waals surface area (Å²) in [6, 6.07) is 20.1. The second-order valence-corrected chi connectivity index (χ2v) is 7.77. The van der Waals surface area contributed by atoms with Crippen molar-refractivity contribution in [2.45, 2.75) is 20.8 Å². The number of rotatable bonds is 7. The summed E-state index contributed by atoms with van der Waals surface area (Å²) in [6.07, 6.45) is 0. The summed E-state index contributed by atoms with van der Waals surface area (Å²) >= 11 is 0. The fourth-order valence-corrected chi connectivity index (χ4v) is 3.96. The van der Waals surface area contributed by atoms with Gasteiger partial charge in [-0.3, -0.25) is 9.59 Å². The SMILES string of the molecule is CCOc1ccccc1NC1=C(c2ccc(C)cc2C)C(=O)N(c2cccc(OC)c2)C1=O. The van der Waals surface area contributed by atoms with E-state index in [0.717, 1.165) is 11.1 Å². The minimum atomic E-state index is -0.436. The fraction of sp³-hybridized carbons (Fsp3) is 0.185. The largest absolute Gasteiger partial charge is 0.497 e. The molecule has 0 spiro atoms. The number of imide groups is 1. The highest BCUT2D eigenvalue weighted by Gasteiger charge is 2.41. The number of aryl methyl sites for hydroxylation is 2. The van der Waals surface area contributed by atoms with Crippen molar-refractivity contribution in [2.75, 3.05) is 23.9 Å². The molecule has 33 heavy (non-hydrogen) atoms. The van der Waals surface area contributed by atoms with Gasteiger partial charge in [0, 0.05) is 6.07 Å². The van der Waals surface area contributed by atoms with Crippen LogP contribution in [0.25, 0.3) is 5.57 Å². The van der Waals surface area contributed by atoms with Crippen LogP contribution in [0.3, 0.4) is 0 Å². The van der Waals surface area contributed by atoms with Crippen molar-refractivity contribution in [3.8, 4) is 11.5 Å². The number of hydrogen-bond acceptors (Lipinski definition) is 5. The molecule has 168 valence electrons. The molecule has 0 aliphatic carbocycles. The topological polar surface area (TPSA) is 67.9 Å². The Balaban J connectivity index is 1.86. The number of nitrogens with zero attached hydrogens (tertiary/aromatic N) is 1. The molecule has 6 nitrogen and oxygen atoms in total. The Bertz CT molecular complexity index is 1260. The van der Waals surface area contributed by atoms with Gasteiger partial charge in [-0.1, -0.05) is 42.0 Å². The highest BCUT2D eigenvalue weighted by atomic mass is 16.5. The van der Waals surface area contributed by atoms with E-state index in [4.69, 9.17) is 9.47 Å². The highest BCUT2D eigenvalue weighted by Crippen LogP contribution is 2.37. The van der Waals surface area contributed by atoms with Crippen LogP contribution in [0.4, 0.5) is 11.4 Å². The van der Waals surface area contributed by atoms with Gasteiger partial charge in [0.25, 0.3) is 11.8 Å². The maximum Gasteiger partial charge on any atom is 0.282 e. The third-order valence-electron chi connectivity index (χ3n) is 5.49. The maximum atomic E-state index is 13.7. The lowest BCUT2D eigenvalue weighted by molar-refractivity contribution is -0.120. The third kappa shape index (κ3) is 4.20. The molecule has 6 heteroatoms. The monoisotopic (exact) mass is 442 g/mol. The Morgan fingerprint density at radius 2 is 1.70 bits per heavy atom. The first-order chi connectivity index (χ1) is 15.9. The molecule has 0 bridgehead atoms. The predicted octanol–water partition coefficient (Wildman–Crippen LogP) is 5.11. The number of ether oxygens (including phenoxy) is 2. The first-order valence-corrected chi connectivity index (χ1v) is 10.8. The predicted molar refractivity (Wildman–Crippen MR) is 130 cm³/mol. The molecule has 0 aromatic heterocycles. The van der Waals surface area contributed by atoms with E-state index in [1.807, 2.05) is 63.2 Å². The van der Waals surface area contributed by atoms with Gasteiger partial charge in [-0.2, -0.15) is 0 Å². The van der Waals surface area contributed by atoms with Crippen molar-refractivity contribution in [1.29, 1.82) is 0 Å². The zero-order chi connectivity index (χ0) is 23.5. The Kier molecular flexibility index (Phi) is 6.18. The van der Waals surface area contributed by atoms with E-state index in [2.05, 4.69) is 5.32 Å². The van der Waals surface area contributed by atoms with Crippen molar-refractivity contribution in [3.63, 3.8) is 0 Å². The van der Waals surface area contributed by atoms with Gasteiger partial charge >= 0.3 is 0 Å². The average Bonchev–Trinajstić information content (AvgIpc) is 3.04. The van der Waals surface area contributed by atoms with E-state index in [9.17, 15) is 9.59 Å². The van der Waals surface area contributed by atoms with Crippen LogP contribution in [0.5, 0.6) is 11.5 Å². The number of carbonyl (C=O) groups is 2. The summed E-state index contributed by atoms with van der Waals surface area (Å²) in [6.45, 7) is 6.30. The van der Waals surface area contributed by atoms with Gasteiger partial charge < -0.3 is 14.8 Å². The molecule has 0 fully saturated rings. The van der Waals surface area contributed by atoms with Crippen LogP contribution >= 0.6 is 0 Å². The van der Waals surface area contributed by atoms with Crippen LogP contribution < -0.4 is 19.7 Å². The molecule has 3 aromatic carbocycles. The Morgan fingerprint density at radius 3 is 2.42 bits per heavy atom. The number of nitrogens with one attached hydrogen (secondary N) is 1. The second-order valence-electron chi connectivity index (χ2n) is 7.77. The first kappa shape index (κ1) is 22.1. The van der Waals surface area contributed by atoms with Gasteiger partial charge in [-0.25, -0.2) is 4.90 Å². The van der Waals surface area contributed by atoms with Crippen LogP contribution in [-0.2, 0) is 9.59 Å². The summed E-state index contributed by atoms with van der Waals surface area (Å²) in [5.41, 5.74) is 4.30. The summed E-state index contributed by atoms with van der Waals surface area (Å²) in [7, 11) is 1.55. The van der Waals surface area contributed by atoms with E-state index in [1.165, 1.54) is 4.90 Å². The van der Waals surface area contributed by atoms with Crippen LogP contribution in [-0.4, -0.2) is 25.5 Å². The zero-order valence-corrected chi connectivity index (χ0v) is 19.1. The van der Waals surface area contributed by atoms with Crippen LogP contribution in [0.1, 0.15) is 23.6 Å². The molecule has 0 unspecified atom stereocenters. The molecule has 4 rings (SSSR count). The van der Waals surface area contributed by atoms with E-state index >= 15 is 0 Å². The molecule has 1 aliphatic rings. The summed E-state index contributed by atoms with van der Waals surface area (Å²) < 4.78 is 11.0. The standard InChI is InChI=1S/C27H26N2O4/c1-5-33-23-12-7-6-11-22(23)28-25-24(21-14-13-17(2)15-18(21)3)26(30)29(27(25)31)19-9-8-10-20(16-19)32-4/h6-16,28H,5H2,1-4H3. The molecule has 1 heterocycles. The van der Waals surface area contributed by atoms with Crippen molar-refractivity contribution < 1.29 is 19.1 Å². The van der Waals surface area contributed by atoms with E-state index in [0.29, 0.717) is 40.6 Å². The van der Waals surface area contributed by atoms with E-state index in [-0.39, 0.29) is 5.70 Å². The molecule has 1 aliphatic heterocycles. The quantitative estimate of drug-likeness (QED) is 0.515. The summed E-state index contributed by atoms with van der Waals surface area (Å²) in [5, 5.41) is 3.20. The Hall–Kier alpha value is -4.06. The van der Waals surface area contributed by atoms with E-state index < -0.39 is 11.8 Å². The summed E-state index contributed by atoms with van der Waals surface area (Å²) in [4.78, 5) is 28.5. The fourth-order valence-electron chi connectivity index (χ4n) is 3.96. The number of methoxy groups -OCH3 is 1. The van der Waals surface area contributed by atoms with Gasteiger partial charge in [0.15, 0.2) is 0 Å². The van der Waals surface area contributed by atoms with Crippen LogP contribution in [0.15, 0.2) is 72.4 Å². The minimum Gasteiger partial charge on any atom is -0.497 e. The molecule has 0 saturated heterocycles. The van der Waals surface area contributed by atoms with Gasteiger partial charge in [0.05, 0.1) is 30.7 Å². The first-order valence-electron chi connectivity index (χ1n) is 10.8. The normalized spacial score (nSPS) is 13.5. The molecule has 1 N–H and O–H groups in total. The number of benzene rings is 3. The molecule has 0 saturated carbocycles. The highest BCUT2D eigenvalue weighted by molar-refractivity contribution is 6.46. The van der Waals surface area contributed by atoms with Crippen LogP contribution in [0, 0.1) is 13.8 Å². The minimum absolute atomic E-state index is 0.210. The zero-order valence-electron chi connectivity index (χ0n) is 19.1. The number of anilines is 2. The Labute approximate surface area is 193 Å². The van der Waals surface area contributed by atoms with E-state index in [1.54, 1.807) is 31.4 Å². The van der Waals surface area contributed by atoms with Crippen molar-refractivity contribution in [1.82, 2.24) is 0 Å². The summed E-state index contributed by atoms with van der Waals surface area (Å²) in [5.74, 6) is 0.336. The van der Waals surface area contributed by atoms with Crippen LogP contribution in [0.2, 0.25) is 0 Å². The molecule has 0 radical (unpaired) electrons.